The summed E-state index contributed by atoms with van der Waals surface area (Å²) in [7, 11) is 1.78. The summed E-state index contributed by atoms with van der Waals surface area (Å²) in [6.07, 6.45) is 1.78. The Balaban J connectivity index is 1.79. The van der Waals surface area contributed by atoms with Gasteiger partial charge in [0, 0.05) is 18.6 Å². The van der Waals surface area contributed by atoms with Crippen LogP contribution in [0.2, 0.25) is 0 Å². The fourth-order valence-corrected chi connectivity index (χ4v) is 2.09. The summed E-state index contributed by atoms with van der Waals surface area (Å²) < 4.78 is 6.91. The highest BCUT2D eigenvalue weighted by molar-refractivity contribution is 5.88. The van der Waals surface area contributed by atoms with Crippen molar-refractivity contribution in [3.05, 3.63) is 54.1 Å². The number of nitrogens with zero attached hydrogens (tertiary/aromatic N) is 3. The third-order valence-corrected chi connectivity index (χ3v) is 3.16. The van der Waals surface area contributed by atoms with E-state index in [1.54, 1.807) is 29.9 Å². The average Bonchev–Trinajstić information content (AvgIpc) is 2.91. The Labute approximate surface area is 121 Å². The second kappa shape index (κ2) is 5.24. The molecule has 3 aromatic rings. The van der Waals surface area contributed by atoms with Gasteiger partial charge in [-0.25, -0.2) is 14.8 Å². The van der Waals surface area contributed by atoms with Gasteiger partial charge in [-0.05, 0) is 24.3 Å². The van der Waals surface area contributed by atoms with Crippen LogP contribution in [-0.4, -0.2) is 20.5 Å². The first-order valence-electron chi connectivity index (χ1n) is 6.45. The molecule has 0 spiro atoms. The fraction of sp³-hybridized carbons (Fsp3) is 0.133. The van der Waals surface area contributed by atoms with Crippen LogP contribution in [0.3, 0.4) is 0 Å². The van der Waals surface area contributed by atoms with Crippen LogP contribution in [0.5, 0.6) is 0 Å². The van der Waals surface area contributed by atoms with Crippen molar-refractivity contribution in [1.82, 2.24) is 14.5 Å². The highest BCUT2D eigenvalue weighted by Gasteiger charge is 2.12. The summed E-state index contributed by atoms with van der Waals surface area (Å²) in [5.74, 6) is 0.345. The van der Waals surface area contributed by atoms with Crippen molar-refractivity contribution < 1.29 is 9.53 Å². The van der Waals surface area contributed by atoms with E-state index in [9.17, 15) is 4.79 Å². The normalized spacial score (nSPS) is 10.7. The molecule has 0 aliphatic rings. The molecule has 2 heterocycles. The molecule has 0 saturated heterocycles. The molecule has 0 fully saturated rings. The van der Waals surface area contributed by atoms with E-state index in [1.807, 2.05) is 24.3 Å². The van der Waals surface area contributed by atoms with Gasteiger partial charge >= 0.3 is 5.97 Å². The molecule has 1 aromatic carbocycles. The minimum atomic E-state index is -0.419. The molecular formula is C15H14N4O2. The summed E-state index contributed by atoms with van der Waals surface area (Å²) in [6, 6.07) is 10.9. The van der Waals surface area contributed by atoms with Crippen LogP contribution < -0.4 is 5.73 Å². The standard InChI is InChI=1S/C15H14N4O2/c1-19-8-4-7-12(19)15(20)21-9-13-17-11-6-3-2-5-10(11)14(16)18-13/h2-8H,9H2,1H3,(H2,16,17,18). The van der Waals surface area contributed by atoms with Crippen molar-refractivity contribution in [2.75, 3.05) is 5.73 Å². The number of rotatable bonds is 3. The van der Waals surface area contributed by atoms with Gasteiger partial charge in [0.15, 0.2) is 12.4 Å². The molecule has 0 aliphatic carbocycles. The molecule has 21 heavy (non-hydrogen) atoms. The molecule has 0 bridgehead atoms. The van der Waals surface area contributed by atoms with Crippen LogP contribution in [-0.2, 0) is 18.4 Å². The lowest BCUT2D eigenvalue weighted by molar-refractivity contribution is 0.0451. The van der Waals surface area contributed by atoms with E-state index in [1.165, 1.54) is 0 Å². The lowest BCUT2D eigenvalue weighted by Crippen LogP contribution is -2.11. The van der Waals surface area contributed by atoms with Crippen molar-refractivity contribution in [2.45, 2.75) is 6.61 Å². The van der Waals surface area contributed by atoms with E-state index in [2.05, 4.69) is 9.97 Å². The summed E-state index contributed by atoms with van der Waals surface area (Å²) in [4.78, 5) is 20.4. The summed E-state index contributed by atoms with van der Waals surface area (Å²) in [5.41, 5.74) is 7.09. The zero-order valence-corrected chi connectivity index (χ0v) is 11.5. The third-order valence-electron chi connectivity index (χ3n) is 3.16. The molecule has 0 unspecified atom stereocenters. The molecule has 0 atom stereocenters. The summed E-state index contributed by atoms with van der Waals surface area (Å²) >= 11 is 0. The van der Waals surface area contributed by atoms with Crippen molar-refractivity contribution in [1.29, 1.82) is 0 Å². The maximum atomic E-state index is 11.9. The Morgan fingerprint density at radius 2 is 2.05 bits per heavy atom. The van der Waals surface area contributed by atoms with Gasteiger partial charge in [0.25, 0.3) is 0 Å². The van der Waals surface area contributed by atoms with Crippen LogP contribution in [0.15, 0.2) is 42.6 Å². The number of fused-ring (bicyclic) bond motifs is 1. The van der Waals surface area contributed by atoms with E-state index < -0.39 is 5.97 Å². The predicted molar refractivity (Wildman–Crippen MR) is 78.5 cm³/mol. The Kier molecular flexibility index (Phi) is 3.27. The Hall–Kier alpha value is -2.89. The number of anilines is 1. The molecule has 2 N–H and O–H groups in total. The first-order chi connectivity index (χ1) is 10.1. The zero-order valence-electron chi connectivity index (χ0n) is 11.5. The Bertz CT molecular complexity index is 810. The van der Waals surface area contributed by atoms with Gasteiger partial charge in [-0.15, -0.1) is 0 Å². The van der Waals surface area contributed by atoms with Crippen LogP contribution in [0.1, 0.15) is 16.3 Å². The molecule has 0 radical (unpaired) electrons. The first kappa shape index (κ1) is 13.1. The molecule has 2 aromatic heterocycles. The quantitative estimate of drug-likeness (QED) is 0.742. The van der Waals surface area contributed by atoms with Crippen LogP contribution in [0, 0.1) is 0 Å². The number of aryl methyl sites for hydroxylation is 1. The maximum absolute atomic E-state index is 11.9. The number of hydrogen-bond donors (Lipinski definition) is 1. The fourth-order valence-electron chi connectivity index (χ4n) is 2.09. The second-order valence-corrected chi connectivity index (χ2v) is 4.62. The number of hydrogen-bond acceptors (Lipinski definition) is 5. The largest absolute Gasteiger partial charge is 0.453 e. The molecule has 0 amide bonds. The number of ether oxygens (including phenoxy) is 1. The minimum absolute atomic E-state index is 0.0148. The van der Waals surface area contributed by atoms with Crippen LogP contribution in [0.25, 0.3) is 10.9 Å². The molecule has 6 heteroatoms. The number of nitrogens with two attached hydrogens (primary N) is 1. The molecule has 0 saturated carbocycles. The van der Waals surface area contributed by atoms with Crippen LogP contribution >= 0.6 is 0 Å². The highest BCUT2D eigenvalue weighted by atomic mass is 16.5. The number of para-hydroxylation sites is 1. The van der Waals surface area contributed by atoms with Gasteiger partial charge in [0.1, 0.15) is 11.5 Å². The smallest absolute Gasteiger partial charge is 0.355 e. The van der Waals surface area contributed by atoms with Crippen molar-refractivity contribution in [3.63, 3.8) is 0 Å². The maximum Gasteiger partial charge on any atom is 0.355 e. The highest BCUT2D eigenvalue weighted by Crippen LogP contribution is 2.17. The Morgan fingerprint density at radius 3 is 2.81 bits per heavy atom. The topological polar surface area (TPSA) is 83.0 Å². The van der Waals surface area contributed by atoms with Gasteiger partial charge < -0.3 is 15.0 Å². The predicted octanol–water partition coefficient (Wildman–Crippen LogP) is 1.91. The van der Waals surface area contributed by atoms with Crippen molar-refractivity contribution >= 4 is 22.7 Å². The number of nitrogen functional groups attached to an aromatic ring is 1. The number of esters is 1. The van der Waals surface area contributed by atoms with Crippen molar-refractivity contribution in [3.8, 4) is 0 Å². The number of aromatic nitrogens is 3. The van der Waals surface area contributed by atoms with E-state index in [0.717, 1.165) is 10.9 Å². The third kappa shape index (κ3) is 2.55. The zero-order chi connectivity index (χ0) is 14.8. The molecular weight excluding hydrogens is 268 g/mol. The first-order valence-corrected chi connectivity index (χ1v) is 6.45. The molecule has 6 nitrogen and oxygen atoms in total. The SMILES string of the molecule is Cn1cccc1C(=O)OCc1nc(N)c2ccccc2n1. The molecule has 3 rings (SSSR count). The van der Waals surface area contributed by atoms with E-state index >= 15 is 0 Å². The Morgan fingerprint density at radius 1 is 1.24 bits per heavy atom. The number of carbonyl (C=O) groups is 1. The van der Waals surface area contributed by atoms with Gasteiger partial charge in [-0.3, -0.25) is 0 Å². The van der Waals surface area contributed by atoms with E-state index in [-0.39, 0.29) is 6.61 Å². The molecule has 0 aliphatic heterocycles. The summed E-state index contributed by atoms with van der Waals surface area (Å²) in [5, 5.41) is 0.787. The van der Waals surface area contributed by atoms with Gasteiger partial charge in [0.2, 0.25) is 0 Å². The monoisotopic (exact) mass is 282 g/mol. The average molecular weight is 282 g/mol. The van der Waals surface area contributed by atoms with Gasteiger partial charge in [-0.2, -0.15) is 0 Å². The lowest BCUT2D eigenvalue weighted by atomic mass is 10.2. The van der Waals surface area contributed by atoms with Crippen molar-refractivity contribution in [2.24, 2.45) is 7.05 Å². The van der Waals surface area contributed by atoms with Crippen LogP contribution in [0.4, 0.5) is 5.82 Å². The van der Waals surface area contributed by atoms with E-state index in [0.29, 0.717) is 17.3 Å². The number of carbonyl (C=O) groups excluding carboxylic acids is 1. The van der Waals surface area contributed by atoms with E-state index in [4.69, 9.17) is 10.5 Å². The number of benzene rings is 1. The van der Waals surface area contributed by atoms with Gasteiger partial charge in [-0.1, -0.05) is 12.1 Å². The molecule has 106 valence electrons. The minimum Gasteiger partial charge on any atom is -0.453 e. The summed E-state index contributed by atoms with van der Waals surface area (Å²) in [6.45, 7) is -0.0148. The second-order valence-electron chi connectivity index (χ2n) is 4.62. The van der Waals surface area contributed by atoms with Gasteiger partial charge in [0.05, 0.1) is 5.52 Å². The lowest BCUT2D eigenvalue weighted by Gasteiger charge is -2.07.